The molecule has 1 aromatic heterocycles. The van der Waals surface area contributed by atoms with E-state index in [1.54, 1.807) is 16.8 Å². The van der Waals surface area contributed by atoms with Crippen molar-refractivity contribution in [2.75, 3.05) is 31.1 Å². The smallest absolute Gasteiger partial charge is 0.274 e. The molecular formula is C22H23FN4O. The molecule has 1 saturated heterocycles. The van der Waals surface area contributed by atoms with Gasteiger partial charge in [-0.2, -0.15) is 5.10 Å². The van der Waals surface area contributed by atoms with Crippen molar-refractivity contribution in [3.63, 3.8) is 0 Å². The van der Waals surface area contributed by atoms with E-state index in [4.69, 9.17) is 0 Å². The fourth-order valence-corrected chi connectivity index (χ4v) is 3.55. The molecule has 0 unspecified atom stereocenters. The number of benzene rings is 2. The maximum absolute atomic E-state index is 13.1. The summed E-state index contributed by atoms with van der Waals surface area (Å²) in [7, 11) is 1.86. The standard InChI is InChI=1S/C22H23FN4O/c1-16-3-5-17(6-4-16)21-15-20(24-25(21)2)22(28)27-13-11-26(12-14-27)19-9-7-18(23)8-10-19/h3-10,15H,11-14H2,1-2H3. The Labute approximate surface area is 164 Å². The van der Waals surface area contributed by atoms with Crippen LogP contribution < -0.4 is 4.90 Å². The Bertz CT molecular complexity index is 971. The zero-order valence-electron chi connectivity index (χ0n) is 16.1. The van der Waals surface area contributed by atoms with E-state index in [0.29, 0.717) is 18.8 Å². The zero-order chi connectivity index (χ0) is 19.7. The van der Waals surface area contributed by atoms with E-state index in [-0.39, 0.29) is 11.7 Å². The van der Waals surface area contributed by atoms with Gasteiger partial charge < -0.3 is 9.80 Å². The largest absolute Gasteiger partial charge is 0.368 e. The minimum absolute atomic E-state index is 0.0484. The summed E-state index contributed by atoms with van der Waals surface area (Å²) < 4.78 is 14.9. The number of piperazine rings is 1. The number of rotatable bonds is 3. The van der Waals surface area contributed by atoms with Gasteiger partial charge in [0, 0.05) is 38.9 Å². The maximum atomic E-state index is 13.1. The normalized spacial score (nSPS) is 14.4. The average Bonchev–Trinajstić information content (AvgIpc) is 3.10. The lowest BCUT2D eigenvalue weighted by Gasteiger charge is -2.35. The maximum Gasteiger partial charge on any atom is 0.274 e. The van der Waals surface area contributed by atoms with Crippen molar-refractivity contribution < 1.29 is 9.18 Å². The van der Waals surface area contributed by atoms with Crippen LogP contribution in [0, 0.1) is 12.7 Å². The first-order valence-electron chi connectivity index (χ1n) is 9.42. The lowest BCUT2D eigenvalue weighted by molar-refractivity contribution is 0.0740. The summed E-state index contributed by atoms with van der Waals surface area (Å²) >= 11 is 0. The number of nitrogens with zero attached hydrogens (tertiary/aromatic N) is 4. The highest BCUT2D eigenvalue weighted by Gasteiger charge is 2.24. The molecule has 0 spiro atoms. The highest BCUT2D eigenvalue weighted by Crippen LogP contribution is 2.22. The molecule has 3 aromatic rings. The highest BCUT2D eigenvalue weighted by molar-refractivity contribution is 5.93. The Balaban J connectivity index is 1.45. The Kier molecular flexibility index (Phi) is 4.86. The Hall–Kier alpha value is -3.15. The van der Waals surface area contributed by atoms with Crippen molar-refractivity contribution >= 4 is 11.6 Å². The first kappa shape index (κ1) is 18.2. The van der Waals surface area contributed by atoms with Crippen LogP contribution in [0.5, 0.6) is 0 Å². The molecule has 6 heteroatoms. The quantitative estimate of drug-likeness (QED) is 0.701. The van der Waals surface area contributed by atoms with Gasteiger partial charge >= 0.3 is 0 Å². The molecule has 1 fully saturated rings. The SMILES string of the molecule is Cc1ccc(-c2cc(C(=O)N3CCN(c4ccc(F)cc4)CC3)nn2C)cc1. The van der Waals surface area contributed by atoms with Gasteiger partial charge in [0.2, 0.25) is 0 Å². The lowest BCUT2D eigenvalue weighted by atomic mass is 10.1. The van der Waals surface area contributed by atoms with Crippen molar-refractivity contribution in [2.45, 2.75) is 6.92 Å². The van der Waals surface area contributed by atoms with E-state index in [1.807, 2.05) is 37.1 Å². The predicted molar refractivity (Wildman–Crippen MR) is 108 cm³/mol. The average molecular weight is 378 g/mol. The van der Waals surface area contributed by atoms with Crippen LogP contribution in [-0.4, -0.2) is 46.8 Å². The van der Waals surface area contributed by atoms with Crippen molar-refractivity contribution in [3.8, 4) is 11.3 Å². The van der Waals surface area contributed by atoms with E-state index in [2.05, 4.69) is 22.1 Å². The number of aryl methyl sites for hydroxylation is 2. The van der Waals surface area contributed by atoms with E-state index in [0.717, 1.165) is 30.0 Å². The zero-order valence-corrected chi connectivity index (χ0v) is 16.1. The summed E-state index contributed by atoms with van der Waals surface area (Å²) in [6.45, 7) is 4.72. The van der Waals surface area contributed by atoms with Crippen LogP contribution in [0.15, 0.2) is 54.6 Å². The van der Waals surface area contributed by atoms with Gasteiger partial charge in [0.15, 0.2) is 5.69 Å². The van der Waals surface area contributed by atoms with Gasteiger partial charge in [0.25, 0.3) is 5.91 Å². The van der Waals surface area contributed by atoms with E-state index in [1.165, 1.54) is 17.7 Å². The van der Waals surface area contributed by atoms with Crippen molar-refractivity contribution in [1.29, 1.82) is 0 Å². The Morgan fingerprint density at radius 2 is 1.61 bits per heavy atom. The van der Waals surface area contributed by atoms with Crippen LogP contribution in [0.4, 0.5) is 10.1 Å². The Morgan fingerprint density at radius 3 is 2.25 bits per heavy atom. The first-order chi connectivity index (χ1) is 13.5. The van der Waals surface area contributed by atoms with Crippen LogP contribution in [0.3, 0.4) is 0 Å². The summed E-state index contributed by atoms with van der Waals surface area (Å²) in [4.78, 5) is 16.9. The van der Waals surface area contributed by atoms with Crippen molar-refractivity contribution in [2.24, 2.45) is 7.05 Å². The topological polar surface area (TPSA) is 41.4 Å². The molecule has 0 bridgehead atoms. The summed E-state index contributed by atoms with van der Waals surface area (Å²) in [6.07, 6.45) is 0. The summed E-state index contributed by atoms with van der Waals surface area (Å²) in [5.74, 6) is -0.287. The fourth-order valence-electron chi connectivity index (χ4n) is 3.55. The molecule has 1 aliphatic rings. The van der Waals surface area contributed by atoms with Gasteiger partial charge in [-0.1, -0.05) is 29.8 Å². The van der Waals surface area contributed by atoms with Crippen LogP contribution in [0.2, 0.25) is 0 Å². The molecule has 0 N–H and O–H groups in total. The number of carbonyl (C=O) groups excluding carboxylic acids is 1. The van der Waals surface area contributed by atoms with Gasteiger partial charge in [-0.25, -0.2) is 4.39 Å². The second-order valence-electron chi connectivity index (χ2n) is 7.16. The first-order valence-corrected chi connectivity index (χ1v) is 9.42. The third kappa shape index (κ3) is 3.63. The molecule has 1 aliphatic heterocycles. The van der Waals surface area contributed by atoms with E-state index >= 15 is 0 Å². The molecule has 28 heavy (non-hydrogen) atoms. The summed E-state index contributed by atoms with van der Waals surface area (Å²) in [5.41, 5.74) is 4.61. The Morgan fingerprint density at radius 1 is 0.964 bits per heavy atom. The third-order valence-electron chi connectivity index (χ3n) is 5.20. The molecular weight excluding hydrogens is 355 g/mol. The monoisotopic (exact) mass is 378 g/mol. The number of hydrogen-bond donors (Lipinski definition) is 0. The second kappa shape index (κ2) is 7.46. The van der Waals surface area contributed by atoms with Crippen LogP contribution in [0.1, 0.15) is 16.1 Å². The minimum Gasteiger partial charge on any atom is -0.368 e. The van der Waals surface area contributed by atoms with Crippen LogP contribution >= 0.6 is 0 Å². The van der Waals surface area contributed by atoms with Crippen molar-refractivity contribution in [3.05, 3.63) is 71.7 Å². The number of halogens is 1. The van der Waals surface area contributed by atoms with E-state index < -0.39 is 0 Å². The van der Waals surface area contributed by atoms with Gasteiger partial charge in [-0.05, 0) is 42.8 Å². The van der Waals surface area contributed by atoms with Crippen molar-refractivity contribution in [1.82, 2.24) is 14.7 Å². The highest BCUT2D eigenvalue weighted by atomic mass is 19.1. The molecule has 2 heterocycles. The number of aromatic nitrogens is 2. The molecule has 0 atom stereocenters. The molecule has 1 amide bonds. The number of hydrogen-bond acceptors (Lipinski definition) is 3. The second-order valence-corrected chi connectivity index (χ2v) is 7.16. The molecule has 0 aliphatic carbocycles. The molecule has 0 radical (unpaired) electrons. The van der Waals surface area contributed by atoms with E-state index in [9.17, 15) is 9.18 Å². The summed E-state index contributed by atoms with van der Waals surface area (Å²) in [5, 5.41) is 4.44. The number of carbonyl (C=O) groups is 1. The third-order valence-corrected chi connectivity index (χ3v) is 5.20. The minimum atomic E-state index is -0.239. The molecule has 144 valence electrons. The molecule has 0 saturated carbocycles. The number of anilines is 1. The fraction of sp³-hybridized carbons (Fsp3) is 0.273. The van der Waals surface area contributed by atoms with Gasteiger partial charge in [-0.3, -0.25) is 9.48 Å². The predicted octanol–water partition coefficient (Wildman–Crippen LogP) is 3.50. The van der Waals surface area contributed by atoms with Gasteiger partial charge in [0.05, 0.1) is 5.69 Å². The molecule has 4 rings (SSSR count). The molecule has 2 aromatic carbocycles. The van der Waals surface area contributed by atoms with Crippen LogP contribution in [-0.2, 0) is 7.05 Å². The molecule has 5 nitrogen and oxygen atoms in total. The lowest BCUT2D eigenvalue weighted by Crippen LogP contribution is -2.48. The van der Waals surface area contributed by atoms with Crippen LogP contribution in [0.25, 0.3) is 11.3 Å². The summed E-state index contributed by atoms with van der Waals surface area (Å²) in [6, 6.07) is 16.5. The number of amides is 1. The van der Waals surface area contributed by atoms with Gasteiger partial charge in [0.1, 0.15) is 5.82 Å². The van der Waals surface area contributed by atoms with Gasteiger partial charge in [-0.15, -0.1) is 0 Å².